The quantitative estimate of drug-likeness (QED) is 0.865. The maximum absolute atomic E-state index is 5.50. The van der Waals surface area contributed by atoms with Gasteiger partial charge in [0.15, 0.2) is 11.5 Å². The molecule has 1 aromatic carbocycles. The third kappa shape index (κ3) is 3.87. The molecule has 2 rings (SSSR count). The molecule has 2 unspecified atom stereocenters. The highest BCUT2D eigenvalue weighted by Crippen LogP contribution is 2.30. The van der Waals surface area contributed by atoms with Gasteiger partial charge in [-0.2, -0.15) is 0 Å². The normalized spacial score (nSPS) is 21.0. The van der Waals surface area contributed by atoms with Crippen LogP contribution in [0.15, 0.2) is 18.2 Å². The van der Waals surface area contributed by atoms with Crippen molar-refractivity contribution in [1.29, 1.82) is 0 Å². The van der Waals surface area contributed by atoms with Gasteiger partial charge in [-0.05, 0) is 31.7 Å². The Bertz CT molecular complexity index is 453. The topological polar surface area (TPSA) is 43.0 Å². The van der Waals surface area contributed by atoms with Crippen LogP contribution in [0.3, 0.4) is 0 Å². The monoisotopic (exact) mass is 294 g/mol. The molecular weight excluding hydrogens is 268 g/mol. The number of ether oxygens (including phenoxy) is 3. The molecule has 1 fully saturated rings. The molecule has 5 nitrogen and oxygen atoms in total. The Morgan fingerprint density at radius 2 is 2.10 bits per heavy atom. The summed E-state index contributed by atoms with van der Waals surface area (Å²) in [7, 11) is 5.31. The van der Waals surface area contributed by atoms with Gasteiger partial charge in [-0.3, -0.25) is 4.90 Å². The first-order valence-electron chi connectivity index (χ1n) is 7.40. The maximum Gasteiger partial charge on any atom is 0.161 e. The number of likely N-dealkylation sites (N-methyl/N-ethyl adjacent to an activating group) is 1. The third-order valence-corrected chi connectivity index (χ3v) is 4.08. The van der Waals surface area contributed by atoms with Gasteiger partial charge in [-0.25, -0.2) is 0 Å². The fourth-order valence-electron chi connectivity index (χ4n) is 2.70. The standard InChI is InChI=1S/C16H26N2O3/c1-12-11-21-8-7-18(12)10-14(17-2)13-5-6-15(19-3)16(9-13)20-4/h5-6,9,12,14,17H,7-8,10-11H2,1-4H3. The SMILES string of the molecule is CNC(CN1CCOCC1C)c1ccc(OC)c(OC)c1. The fourth-order valence-corrected chi connectivity index (χ4v) is 2.70. The average Bonchev–Trinajstić information content (AvgIpc) is 2.53. The summed E-state index contributed by atoms with van der Waals surface area (Å²) in [4.78, 5) is 2.46. The summed E-state index contributed by atoms with van der Waals surface area (Å²) in [5.41, 5.74) is 1.20. The van der Waals surface area contributed by atoms with Crippen molar-refractivity contribution in [3.8, 4) is 11.5 Å². The van der Waals surface area contributed by atoms with E-state index in [0.29, 0.717) is 6.04 Å². The molecule has 1 aliphatic heterocycles. The van der Waals surface area contributed by atoms with Gasteiger partial charge in [-0.1, -0.05) is 6.07 Å². The maximum atomic E-state index is 5.50. The van der Waals surface area contributed by atoms with E-state index in [2.05, 4.69) is 23.2 Å². The van der Waals surface area contributed by atoms with Crippen LogP contribution in [-0.2, 0) is 4.74 Å². The second-order valence-corrected chi connectivity index (χ2v) is 5.37. The highest BCUT2D eigenvalue weighted by molar-refractivity contribution is 5.43. The first-order valence-corrected chi connectivity index (χ1v) is 7.40. The number of rotatable bonds is 6. The van der Waals surface area contributed by atoms with Crippen molar-refractivity contribution >= 4 is 0 Å². The van der Waals surface area contributed by atoms with Crippen LogP contribution in [0.2, 0.25) is 0 Å². The molecule has 1 heterocycles. The molecule has 21 heavy (non-hydrogen) atoms. The number of nitrogens with zero attached hydrogens (tertiary/aromatic N) is 1. The number of nitrogens with one attached hydrogen (secondary N) is 1. The number of methoxy groups -OCH3 is 2. The van der Waals surface area contributed by atoms with Crippen molar-refractivity contribution in [3.63, 3.8) is 0 Å². The molecule has 0 radical (unpaired) electrons. The van der Waals surface area contributed by atoms with E-state index >= 15 is 0 Å². The molecule has 118 valence electrons. The van der Waals surface area contributed by atoms with E-state index in [1.165, 1.54) is 5.56 Å². The summed E-state index contributed by atoms with van der Waals surface area (Å²) in [6.45, 7) is 5.76. The van der Waals surface area contributed by atoms with Crippen molar-refractivity contribution in [2.24, 2.45) is 0 Å². The smallest absolute Gasteiger partial charge is 0.161 e. The molecule has 2 atom stereocenters. The Morgan fingerprint density at radius 3 is 2.71 bits per heavy atom. The fraction of sp³-hybridized carbons (Fsp3) is 0.625. The summed E-state index contributed by atoms with van der Waals surface area (Å²) in [6, 6.07) is 6.81. The summed E-state index contributed by atoms with van der Waals surface area (Å²) in [6.07, 6.45) is 0. The van der Waals surface area contributed by atoms with Crippen LogP contribution in [0.4, 0.5) is 0 Å². The van der Waals surface area contributed by atoms with E-state index in [1.54, 1.807) is 14.2 Å². The highest BCUT2D eigenvalue weighted by Gasteiger charge is 2.23. The molecule has 0 spiro atoms. The first-order chi connectivity index (χ1) is 10.2. The summed E-state index contributed by atoms with van der Waals surface area (Å²) < 4.78 is 16.2. The van der Waals surface area contributed by atoms with Crippen LogP contribution in [0.1, 0.15) is 18.5 Å². The second kappa shape index (κ2) is 7.64. The van der Waals surface area contributed by atoms with Crippen molar-refractivity contribution in [1.82, 2.24) is 10.2 Å². The Morgan fingerprint density at radius 1 is 1.33 bits per heavy atom. The zero-order valence-corrected chi connectivity index (χ0v) is 13.4. The van der Waals surface area contributed by atoms with Crippen molar-refractivity contribution in [3.05, 3.63) is 23.8 Å². The van der Waals surface area contributed by atoms with E-state index in [0.717, 1.165) is 37.8 Å². The lowest BCUT2D eigenvalue weighted by Gasteiger charge is -2.35. The molecular formula is C16H26N2O3. The summed E-state index contributed by atoms with van der Waals surface area (Å²) >= 11 is 0. The first kappa shape index (κ1) is 16.1. The Balaban J connectivity index is 2.13. The number of hydrogen-bond acceptors (Lipinski definition) is 5. The zero-order chi connectivity index (χ0) is 15.2. The Kier molecular flexibility index (Phi) is 5.85. The molecule has 0 aromatic heterocycles. The molecule has 1 saturated heterocycles. The lowest BCUT2D eigenvalue weighted by Crippen LogP contribution is -2.46. The molecule has 0 aliphatic carbocycles. The van der Waals surface area contributed by atoms with Gasteiger partial charge in [0, 0.05) is 25.2 Å². The molecule has 5 heteroatoms. The van der Waals surface area contributed by atoms with Crippen LogP contribution < -0.4 is 14.8 Å². The van der Waals surface area contributed by atoms with E-state index in [1.807, 2.05) is 19.2 Å². The van der Waals surface area contributed by atoms with Crippen LogP contribution in [0.5, 0.6) is 11.5 Å². The minimum atomic E-state index is 0.255. The van der Waals surface area contributed by atoms with E-state index in [-0.39, 0.29) is 6.04 Å². The van der Waals surface area contributed by atoms with Crippen molar-refractivity contribution in [2.45, 2.75) is 19.0 Å². The Labute approximate surface area is 127 Å². The van der Waals surface area contributed by atoms with Crippen LogP contribution >= 0.6 is 0 Å². The average molecular weight is 294 g/mol. The predicted octanol–water partition coefficient (Wildman–Crippen LogP) is 1.68. The molecule has 0 amide bonds. The Hall–Kier alpha value is -1.30. The molecule has 0 saturated carbocycles. The van der Waals surface area contributed by atoms with Gasteiger partial charge in [-0.15, -0.1) is 0 Å². The van der Waals surface area contributed by atoms with Gasteiger partial charge in [0.1, 0.15) is 0 Å². The van der Waals surface area contributed by atoms with Crippen molar-refractivity contribution < 1.29 is 14.2 Å². The summed E-state index contributed by atoms with van der Waals surface area (Å²) in [5, 5.41) is 3.40. The van der Waals surface area contributed by atoms with E-state index in [9.17, 15) is 0 Å². The zero-order valence-electron chi connectivity index (χ0n) is 13.4. The van der Waals surface area contributed by atoms with Gasteiger partial charge >= 0.3 is 0 Å². The highest BCUT2D eigenvalue weighted by atomic mass is 16.5. The minimum Gasteiger partial charge on any atom is -0.493 e. The van der Waals surface area contributed by atoms with Crippen LogP contribution in [0, 0.1) is 0 Å². The summed E-state index contributed by atoms with van der Waals surface area (Å²) in [5.74, 6) is 1.53. The minimum absolute atomic E-state index is 0.255. The van der Waals surface area contributed by atoms with Crippen LogP contribution in [0.25, 0.3) is 0 Å². The van der Waals surface area contributed by atoms with Gasteiger partial charge < -0.3 is 19.5 Å². The number of morpholine rings is 1. The second-order valence-electron chi connectivity index (χ2n) is 5.37. The van der Waals surface area contributed by atoms with E-state index in [4.69, 9.17) is 14.2 Å². The molecule has 1 aliphatic rings. The van der Waals surface area contributed by atoms with E-state index < -0.39 is 0 Å². The van der Waals surface area contributed by atoms with Gasteiger partial charge in [0.05, 0.1) is 27.4 Å². The van der Waals surface area contributed by atoms with Gasteiger partial charge in [0.2, 0.25) is 0 Å². The number of hydrogen-bond donors (Lipinski definition) is 1. The molecule has 1 aromatic rings. The number of benzene rings is 1. The van der Waals surface area contributed by atoms with Crippen molar-refractivity contribution in [2.75, 3.05) is 47.6 Å². The lowest BCUT2D eigenvalue weighted by atomic mass is 10.0. The predicted molar refractivity (Wildman–Crippen MR) is 83.2 cm³/mol. The molecule has 1 N–H and O–H groups in total. The van der Waals surface area contributed by atoms with Crippen LogP contribution in [-0.4, -0.2) is 58.5 Å². The lowest BCUT2D eigenvalue weighted by molar-refractivity contribution is -0.00417. The largest absolute Gasteiger partial charge is 0.493 e. The third-order valence-electron chi connectivity index (χ3n) is 4.08. The van der Waals surface area contributed by atoms with Gasteiger partial charge in [0.25, 0.3) is 0 Å². The molecule has 0 bridgehead atoms.